The number of carbonyl (C=O) groups excluding carboxylic acids is 3. The van der Waals surface area contributed by atoms with Crippen molar-refractivity contribution >= 4 is 52.1 Å². The molecule has 1 saturated heterocycles. The fourth-order valence-electron chi connectivity index (χ4n) is 8.45. The molecule has 0 spiro atoms. The monoisotopic (exact) mass is 913 g/mol. The molecule has 8 rings (SSSR count). The Morgan fingerprint density at radius 2 is 1.60 bits per heavy atom. The summed E-state index contributed by atoms with van der Waals surface area (Å²) in [5.41, 5.74) is 8.78. The third kappa shape index (κ3) is 9.00. The Hall–Kier alpha value is -6.43. The van der Waals surface area contributed by atoms with Gasteiger partial charge in [-0.15, -0.1) is 32.9 Å². The molecular weight excluding hydrogens is 863 g/mol. The zero-order valence-electron chi connectivity index (χ0n) is 37.4. The molecule has 4 N–H and O–H groups in total. The van der Waals surface area contributed by atoms with E-state index < -0.39 is 47.4 Å². The quantitative estimate of drug-likeness (QED) is 0.104. The van der Waals surface area contributed by atoms with Gasteiger partial charge in [-0.3, -0.25) is 33.7 Å². The van der Waals surface area contributed by atoms with Crippen LogP contribution in [0.15, 0.2) is 77.4 Å². The summed E-state index contributed by atoms with van der Waals surface area (Å²) in [6.07, 6.45) is 0.431. The molecular formula is C48H51N9O6S2. The van der Waals surface area contributed by atoms with Crippen molar-refractivity contribution in [1.29, 1.82) is 0 Å². The van der Waals surface area contributed by atoms with Crippen molar-refractivity contribution < 1.29 is 29.4 Å². The summed E-state index contributed by atoms with van der Waals surface area (Å²) in [6.45, 7) is 15.2. The first-order valence-electron chi connectivity index (χ1n) is 21.4. The number of aliphatic hydroxyl groups excluding tert-OH is 1. The third-order valence-corrected chi connectivity index (χ3v) is 14.3. The number of nitrogens with one attached hydrogen (secondary N) is 2. The first kappa shape index (κ1) is 45.1. The van der Waals surface area contributed by atoms with E-state index in [0.29, 0.717) is 23.1 Å². The van der Waals surface area contributed by atoms with E-state index in [1.165, 1.54) is 11.1 Å². The number of β-amino-alcohol motifs (C(OH)–C–C–N with tert-alkyl or cyclic N) is 1. The van der Waals surface area contributed by atoms with E-state index in [9.17, 15) is 29.4 Å². The van der Waals surface area contributed by atoms with Crippen LogP contribution in [0.2, 0.25) is 0 Å². The topological polar surface area (TPSA) is 205 Å². The molecule has 0 bridgehead atoms. The highest BCUT2D eigenvalue weighted by atomic mass is 32.1. The molecule has 6 aromatic rings. The Kier molecular flexibility index (Phi) is 12.4. The number of carboxylic acids is 1. The molecule has 65 heavy (non-hydrogen) atoms. The Balaban J connectivity index is 0.991. The second-order valence-corrected chi connectivity index (χ2v) is 19.8. The van der Waals surface area contributed by atoms with E-state index in [1.54, 1.807) is 34.8 Å². The number of aliphatic hydroxyl groups is 1. The molecule has 0 unspecified atom stereocenters. The van der Waals surface area contributed by atoms with Crippen molar-refractivity contribution in [2.75, 3.05) is 6.54 Å². The van der Waals surface area contributed by atoms with E-state index in [-0.39, 0.29) is 36.9 Å². The van der Waals surface area contributed by atoms with Gasteiger partial charge < -0.3 is 25.7 Å². The Morgan fingerprint density at radius 3 is 2.26 bits per heavy atom. The summed E-state index contributed by atoms with van der Waals surface area (Å²) in [7, 11) is 0. The van der Waals surface area contributed by atoms with Gasteiger partial charge in [-0.05, 0) is 68.9 Å². The number of aryl methyl sites for hydroxylation is 3. The fraction of sp³-hybridized carbons (Fsp3) is 0.354. The van der Waals surface area contributed by atoms with Crippen LogP contribution in [-0.2, 0) is 14.4 Å². The lowest BCUT2D eigenvalue weighted by Gasteiger charge is -2.35. The van der Waals surface area contributed by atoms with E-state index in [2.05, 4.69) is 30.8 Å². The van der Waals surface area contributed by atoms with E-state index in [4.69, 9.17) is 4.99 Å². The second-order valence-electron chi connectivity index (χ2n) is 17.8. The number of amides is 3. The van der Waals surface area contributed by atoms with Crippen LogP contribution in [0.5, 0.6) is 0 Å². The molecule has 6 heterocycles. The predicted molar refractivity (Wildman–Crippen MR) is 249 cm³/mol. The van der Waals surface area contributed by atoms with Crippen molar-refractivity contribution in [1.82, 2.24) is 40.3 Å². The van der Waals surface area contributed by atoms with Crippen molar-refractivity contribution in [2.24, 2.45) is 10.4 Å². The number of carbonyl (C=O) groups is 4. The summed E-state index contributed by atoms with van der Waals surface area (Å²) >= 11 is 3.15. The highest BCUT2D eigenvalue weighted by molar-refractivity contribution is 7.15. The molecule has 5 atom stereocenters. The van der Waals surface area contributed by atoms with Crippen LogP contribution in [-0.4, -0.2) is 94.0 Å². The Morgan fingerprint density at radius 1 is 0.908 bits per heavy atom. The van der Waals surface area contributed by atoms with Gasteiger partial charge in [-0.2, -0.15) is 0 Å². The highest BCUT2D eigenvalue weighted by Gasteiger charge is 2.45. The Labute approximate surface area is 384 Å². The summed E-state index contributed by atoms with van der Waals surface area (Å²) in [6, 6.07) is 15.6. The minimum atomic E-state index is -1.04. The standard InChI is InChI=1S/C48H51N9O6S2/c1-24-27(4)65-47-39(24)40(52-36(21-38(59)60)43-55-54-28(5)57(43)47)31-13-11-30(12-14-31)35-19-33(17-18-49-35)44(61)53-42(48(6,7)8)46(63)56-22-34(58)20-37(56)45(62)51-25(2)29-9-15-32(16-10-29)41-26(3)50-23-64-41/h9-19,23,25,34,36-37,42,58H,20-22H2,1-8H3,(H,51,62)(H,53,61)(H,59,60)/t25-,34+,36-,37-,42+/m0/s1. The van der Waals surface area contributed by atoms with Gasteiger partial charge in [0, 0.05) is 46.3 Å². The molecule has 2 aliphatic rings. The molecule has 0 radical (unpaired) electrons. The van der Waals surface area contributed by atoms with Crippen LogP contribution in [0, 0.1) is 33.1 Å². The van der Waals surface area contributed by atoms with Gasteiger partial charge in [0.1, 0.15) is 29.0 Å². The van der Waals surface area contributed by atoms with Gasteiger partial charge in [0.15, 0.2) is 5.82 Å². The number of thiazole rings is 1. The van der Waals surface area contributed by atoms with Crippen molar-refractivity contribution in [3.63, 3.8) is 0 Å². The number of carboxylic acid groups (broad SMARTS) is 1. The molecule has 336 valence electrons. The number of rotatable bonds is 11. The van der Waals surface area contributed by atoms with Crippen LogP contribution in [0.25, 0.3) is 26.7 Å². The molecule has 0 aliphatic carbocycles. The fourth-order valence-corrected chi connectivity index (χ4v) is 10.5. The molecule has 15 nitrogen and oxygen atoms in total. The lowest BCUT2D eigenvalue weighted by atomic mass is 9.85. The highest BCUT2D eigenvalue weighted by Crippen LogP contribution is 2.40. The van der Waals surface area contributed by atoms with E-state index in [0.717, 1.165) is 53.8 Å². The number of aliphatic carboxylic acids is 1. The number of aromatic nitrogens is 5. The molecule has 3 amide bonds. The summed E-state index contributed by atoms with van der Waals surface area (Å²) in [5.74, 6) is -1.24. The van der Waals surface area contributed by atoms with Crippen LogP contribution >= 0.6 is 22.7 Å². The number of thiophene rings is 1. The van der Waals surface area contributed by atoms with Crippen LogP contribution in [0.4, 0.5) is 0 Å². The number of likely N-dealkylation sites (tertiary alicyclic amines) is 1. The summed E-state index contributed by atoms with van der Waals surface area (Å²) in [4.78, 5) is 71.8. The lowest BCUT2D eigenvalue weighted by Crippen LogP contribution is -2.57. The van der Waals surface area contributed by atoms with Gasteiger partial charge in [0.2, 0.25) is 11.8 Å². The van der Waals surface area contributed by atoms with Gasteiger partial charge in [0.25, 0.3) is 5.91 Å². The molecule has 0 saturated carbocycles. The zero-order valence-corrected chi connectivity index (χ0v) is 39.0. The van der Waals surface area contributed by atoms with Gasteiger partial charge in [-0.1, -0.05) is 69.3 Å². The number of benzene rings is 2. The van der Waals surface area contributed by atoms with Crippen molar-refractivity contribution in [3.05, 3.63) is 122 Å². The zero-order chi connectivity index (χ0) is 46.5. The predicted octanol–water partition coefficient (Wildman–Crippen LogP) is 7.10. The van der Waals surface area contributed by atoms with Gasteiger partial charge >= 0.3 is 5.97 Å². The van der Waals surface area contributed by atoms with Crippen molar-refractivity contribution in [2.45, 2.75) is 98.5 Å². The smallest absolute Gasteiger partial charge is 0.306 e. The average molecular weight is 914 g/mol. The Bertz CT molecular complexity index is 2840. The van der Waals surface area contributed by atoms with Crippen LogP contribution in [0.1, 0.15) is 107 Å². The second kappa shape index (κ2) is 17.9. The maximum atomic E-state index is 14.4. The molecule has 2 aliphatic heterocycles. The largest absolute Gasteiger partial charge is 0.481 e. The van der Waals surface area contributed by atoms with Crippen molar-refractivity contribution in [3.8, 4) is 26.7 Å². The molecule has 2 aromatic carbocycles. The lowest BCUT2D eigenvalue weighted by molar-refractivity contribution is -0.142. The number of hydrogen-bond acceptors (Lipinski definition) is 12. The third-order valence-electron chi connectivity index (χ3n) is 12.1. The van der Waals surface area contributed by atoms with Crippen LogP contribution < -0.4 is 10.6 Å². The van der Waals surface area contributed by atoms with E-state index in [1.807, 2.05) is 114 Å². The maximum absolute atomic E-state index is 14.4. The molecule has 4 aromatic heterocycles. The summed E-state index contributed by atoms with van der Waals surface area (Å²) < 4.78 is 1.91. The number of nitrogens with zero attached hydrogens (tertiary/aromatic N) is 7. The minimum absolute atomic E-state index is 0.0491. The summed E-state index contributed by atoms with van der Waals surface area (Å²) in [5, 5.41) is 36.1. The average Bonchev–Trinajstić information content (AvgIpc) is 4.04. The van der Waals surface area contributed by atoms with Gasteiger partial charge in [0.05, 0.1) is 46.1 Å². The van der Waals surface area contributed by atoms with Gasteiger partial charge in [-0.25, -0.2) is 4.98 Å². The maximum Gasteiger partial charge on any atom is 0.306 e. The molecule has 1 fully saturated rings. The number of pyridine rings is 1. The number of hydrogen-bond donors (Lipinski definition) is 4. The normalized spacial score (nSPS) is 18.0. The minimum Gasteiger partial charge on any atom is -0.481 e. The van der Waals surface area contributed by atoms with E-state index >= 15 is 0 Å². The molecule has 17 heteroatoms. The van der Waals surface area contributed by atoms with Crippen LogP contribution in [0.3, 0.4) is 0 Å². The first-order valence-corrected chi connectivity index (χ1v) is 23.1. The number of fused-ring (bicyclic) bond motifs is 3. The first-order chi connectivity index (χ1) is 30.9. The number of aliphatic imine (C=N–C) groups is 1. The SMILES string of the molecule is Cc1ncsc1-c1ccc([C@H](C)NC(=O)[C@@H]2C[C@@H](O)CN2C(=O)[C@@H](NC(=O)c2ccnc(-c3ccc(C4=N[C@@H](CC(=O)O)c5nnc(C)n5-c5sc(C)c(C)c54)cc3)c2)C(C)(C)C)cc1.